The minimum Gasteiger partial charge on any atom is -0.387 e. The molecule has 78 valence electrons. The number of hydrogen-bond donors (Lipinski definition) is 2. The van der Waals surface area contributed by atoms with E-state index >= 15 is 0 Å². The van der Waals surface area contributed by atoms with Crippen LogP contribution in [-0.2, 0) is 0 Å². The number of nitrogens with two attached hydrogens (primary N) is 1. The molecule has 1 aromatic rings. The molecule has 0 fully saturated rings. The van der Waals surface area contributed by atoms with Crippen LogP contribution in [-0.4, -0.2) is 11.1 Å². The standard InChI is InChI=1S/C11H16FNO/c1-3-10(13)11(14)9-6-8(12)5-4-7(9)2/h4-6,10-11,14H,3,13H2,1-2H3/t10-,11+/m1/s1. The third-order valence-corrected chi connectivity index (χ3v) is 2.44. The number of aliphatic hydroxyl groups is 1. The van der Waals surface area contributed by atoms with Crippen LogP contribution in [0.3, 0.4) is 0 Å². The number of benzene rings is 1. The molecule has 0 saturated carbocycles. The molecular weight excluding hydrogens is 181 g/mol. The Bertz CT molecular complexity index is 314. The molecule has 0 aliphatic carbocycles. The summed E-state index contributed by atoms with van der Waals surface area (Å²) < 4.78 is 12.9. The minimum absolute atomic E-state index is 0.338. The summed E-state index contributed by atoms with van der Waals surface area (Å²) in [7, 11) is 0. The minimum atomic E-state index is -0.782. The van der Waals surface area contributed by atoms with Crippen LogP contribution in [0.2, 0.25) is 0 Å². The fourth-order valence-corrected chi connectivity index (χ4v) is 1.38. The fourth-order valence-electron chi connectivity index (χ4n) is 1.38. The SMILES string of the molecule is CC[C@@H](N)[C@@H](O)c1cc(F)ccc1C. The lowest BCUT2D eigenvalue weighted by Gasteiger charge is -2.19. The zero-order valence-corrected chi connectivity index (χ0v) is 8.50. The molecular formula is C11H16FNO. The molecule has 0 amide bonds. The van der Waals surface area contributed by atoms with E-state index in [0.717, 1.165) is 5.56 Å². The molecule has 1 aromatic carbocycles. The first-order chi connectivity index (χ1) is 6.56. The summed E-state index contributed by atoms with van der Waals surface area (Å²) in [6.07, 6.45) is -0.118. The number of hydrogen-bond acceptors (Lipinski definition) is 2. The Morgan fingerprint density at radius 1 is 1.50 bits per heavy atom. The van der Waals surface area contributed by atoms with Crippen molar-refractivity contribution in [3.8, 4) is 0 Å². The molecule has 0 spiro atoms. The van der Waals surface area contributed by atoms with Crippen molar-refractivity contribution in [3.05, 3.63) is 35.1 Å². The quantitative estimate of drug-likeness (QED) is 0.777. The van der Waals surface area contributed by atoms with Crippen molar-refractivity contribution in [3.63, 3.8) is 0 Å². The van der Waals surface area contributed by atoms with Crippen molar-refractivity contribution >= 4 is 0 Å². The molecule has 0 aliphatic heterocycles. The van der Waals surface area contributed by atoms with E-state index in [2.05, 4.69) is 0 Å². The molecule has 0 unspecified atom stereocenters. The van der Waals surface area contributed by atoms with E-state index in [1.165, 1.54) is 12.1 Å². The number of rotatable bonds is 3. The van der Waals surface area contributed by atoms with Gasteiger partial charge in [-0.05, 0) is 36.6 Å². The first-order valence-corrected chi connectivity index (χ1v) is 4.76. The summed E-state index contributed by atoms with van der Waals surface area (Å²) in [4.78, 5) is 0. The van der Waals surface area contributed by atoms with Gasteiger partial charge in [-0.2, -0.15) is 0 Å². The lowest BCUT2D eigenvalue weighted by Crippen LogP contribution is -2.27. The Labute approximate surface area is 83.6 Å². The Balaban J connectivity index is 2.99. The Morgan fingerprint density at radius 2 is 2.14 bits per heavy atom. The molecule has 14 heavy (non-hydrogen) atoms. The van der Waals surface area contributed by atoms with Gasteiger partial charge in [0, 0.05) is 6.04 Å². The number of aliphatic hydroxyl groups excluding tert-OH is 1. The predicted octanol–water partition coefficient (Wildman–Crippen LogP) is 1.90. The van der Waals surface area contributed by atoms with E-state index in [1.54, 1.807) is 6.07 Å². The third-order valence-electron chi connectivity index (χ3n) is 2.44. The summed E-state index contributed by atoms with van der Waals surface area (Å²) >= 11 is 0. The van der Waals surface area contributed by atoms with Gasteiger partial charge in [0.05, 0.1) is 6.10 Å². The van der Waals surface area contributed by atoms with Gasteiger partial charge in [0.2, 0.25) is 0 Å². The van der Waals surface area contributed by atoms with E-state index in [4.69, 9.17) is 5.73 Å². The second-order valence-corrected chi connectivity index (χ2v) is 3.52. The van der Waals surface area contributed by atoms with Crippen LogP contribution >= 0.6 is 0 Å². The summed E-state index contributed by atoms with van der Waals surface area (Å²) in [6.45, 7) is 3.73. The maximum atomic E-state index is 12.9. The maximum absolute atomic E-state index is 12.9. The highest BCUT2D eigenvalue weighted by molar-refractivity contribution is 5.29. The molecule has 3 N–H and O–H groups in total. The van der Waals surface area contributed by atoms with Gasteiger partial charge in [0.15, 0.2) is 0 Å². The van der Waals surface area contributed by atoms with Crippen molar-refractivity contribution in [2.75, 3.05) is 0 Å². The molecule has 0 aliphatic rings. The van der Waals surface area contributed by atoms with Crippen molar-refractivity contribution in [2.45, 2.75) is 32.4 Å². The highest BCUT2D eigenvalue weighted by atomic mass is 19.1. The maximum Gasteiger partial charge on any atom is 0.123 e. The van der Waals surface area contributed by atoms with Crippen LogP contribution in [0.5, 0.6) is 0 Å². The average molecular weight is 197 g/mol. The van der Waals surface area contributed by atoms with Gasteiger partial charge >= 0.3 is 0 Å². The summed E-state index contributed by atoms with van der Waals surface area (Å²) in [5, 5.41) is 9.80. The topological polar surface area (TPSA) is 46.2 Å². The van der Waals surface area contributed by atoms with Crippen molar-refractivity contribution in [1.29, 1.82) is 0 Å². The van der Waals surface area contributed by atoms with Crippen molar-refractivity contribution < 1.29 is 9.50 Å². The smallest absolute Gasteiger partial charge is 0.123 e. The largest absolute Gasteiger partial charge is 0.387 e. The molecule has 0 saturated heterocycles. The Hall–Kier alpha value is -0.930. The monoisotopic (exact) mass is 197 g/mol. The van der Waals surface area contributed by atoms with E-state index in [-0.39, 0.29) is 11.9 Å². The van der Waals surface area contributed by atoms with Crippen LogP contribution in [0.4, 0.5) is 4.39 Å². The molecule has 0 bridgehead atoms. The van der Waals surface area contributed by atoms with Gasteiger partial charge < -0.3 is 10.8 Å². The molecule has 2 nitrogen and oxygen atoms in total. The predicted molar refractivity (Wildman–Crippen MR) is 54.4 cm³/mol. The molecule has 0 heterocycles. The van der Waals surface area contributed by atoms with Crippen molar-refractivity contribution in [2.24, 2.45) is 5.73 Å². The molecule has 3 heteroatoms. The first-order valence-electron chi connectivity index (χ1n) is 4.76. The normalized spacial score (nSPS) is 15.2. The van der Waals surface area contributed by atoms with Gasteiger partial charge in [0.1, 0.15) is 5.82 Å². The fraction of sp³-hybridized carbons (Fsp3) is 0.455. The van der Waals surface area contributed by atoms with Gasteiger partial charge in [0.25, 0.3) is 0 Å². The summed E-state index contributed by atoms with van der Waals surface area (Å²) in [5.74, 6) is -0.340. The Morgan fingerprint density at radius 3 is 2.71 bits per heavy atom. The van der Waals surface area contributed by atoms with Crippen LogP contribution in [0.1, 0.15) is 30.6 Å². The zero-order chi connectivity index (χ0) is 10.7. The second kappa shape index (κ2) is 4.53. The van der Waals surface area contributed by atoms with Gasteiger partial charge in [-0.3, -0.25) is 0 Å². The summed E-state index contributed by atoms with van der Waals surface area (Å²) in [5.41, 5.74) is 7.14. The number of aryl methyl sites for hydroxylation is 1. The van der Waals surface area contributed by atoms with Gasteiger partial charge in [-0.15, -0.1) is 0 Å². The molecule has 2 atom stereocenters. The van der Waals surface area contributed by atoms with Crippen LogP contribution in [0, 0.1) is 12.7 Å². The molecule has 0 aromatic heterocycles. The van der Waals surface area contributed by atoms with Gasteiger partial charge in [-0.1, -0.05) is 13.0 Å². The lowest BCUT2D eigenvalue weighted by molar-refractivity contribution is 0.143. The average Bonchev–Trinajstić information content (AvgIpc) is 2.19. The first kappa shape index (κ1) is 11.1. The van der Waals surface area contributed by atoms with E-state index in [9.17, 15) is 9.50 Å². The highest BCUT2D eigenvalue weighted by Gasteiger charge is 2.17. The Kier molecular flexibility index (Phi) is 3.61. The number of halogens is 1. The van der Waals surface area contributed by atoms with E-state index in [0.29, 0.717) is 12.0 Å². The zero-order valence-electron chi connectivity index (χ0n) is 8.50. The molecule has 0 radical (unpaired) electrons. The van der Waals surface area contributed by atoms with Gasteiger partial charge in [-0.25, -0.2) is 4.39 Å². The van der Waals surface area contributed by atoms with Crippen LogP contribution in [0.25, 0.3) is 0 Å². The van der Waals surface area contributed by atoms with Crippen LogP contribution < -0.4 is 5.73 Å². The second-order valence-electron chi connectivity index (χ2n) is 3.52. The molecule has 1 rings (SSSR count). The van der Waals surface area contributed by atoms with E-state index in [1.807, 2.05) is 13.8 Å². The lowest BCUT2D eigenvalue weighted by atomic mass is 9.97. The highest BCUT2D eigenvalue weighted by Crippen LogP contribution is 2.21. The third kappa shape index (κ3) is 2.30. The van der Waals surface area contributed by atoms with Crippen LogP contribution in [0.15, 0.2) is 18.2 Å². The van der Waals surface area contributed by atoms with Crippen molar-refractivity contribution in [1.82, 2.24) is 0 Å². The summed E-state index contributed by atoms with van der Waals surface area (Å²) in [6, 6.07) is 4.03. The van der Waals surface area contributed by atoms with E-state index < -0.39 is 6.10 Å².